The van der Waals surface area contributed by atoms with Crippen LogP contribution >= 0.6 is 0 Å². The lowest BCUT2D eigenvalue weighted by Gasteiger charge is -2.08. The molecule has 0 saturated carbocycles. The number of para-hydroxylation sites is 2. The van der Waals surface area contributed by atoms with Crippen LogP contribution in [0.25, 0.3) is 11.0 Å². The molecule has 1 aromatic heterocycles. The highest BCUT2D eigenvalue weighted by molar-refractivity contribution is 5.75. The summed E-state index contributed by atoms with van der Waals surface area (Å²) in [7, 11) is 1.67. The molecule has 0 amide bonds. The predicted molar refractivity (Wildman–Crippen MR) is 82.4 cm³/mol. The molecule has 1 heterocycles. The molecule has 108 valence electrons. The second kappa shape index (κ2) is 5.97. The van der Waals surface area contributed by atoms with E-state index in [1.165, 1.54) is 5.56 Å². The Hall–Kier alpha value is -2.33. The molecule has 3 rings (SSSR count). The maximum Gasteiger partial charge on any atom is 0.135 e. The zero-order chi connectivity index (χ0) is 14.7. The fourth-order valence-corrected chi connectivity index (χ4v) is 2.53. The third kappa shape index (κ3) is 2.76. The van der Waals surface area contributed by atoms with Crippen molar-refractivity contribution in [3.8, 4) is 5.75 Å². The van der Waals surface area contributed by atoms with Crippen LogP contribution in [0.1, 0.15) is 11.4 Å². The number of aryl methyl sites for hydroxylation is 2. The number of aliphatic hydroxyl groups is 1. The van der Waals surface area contributed by atoms with Crippen LogP contribution in [0.15, 0.2) is 48.5 Å². The highest BCUT2D eigenvalue weighted by Gasteiger charge is 2.09. The molecule has 3 aromatic rings. The van der Waals surface area contributed by atoms with Crippen molar-refractivity contribution in [1.82, 2.24) is 9.55 Å². The maximum absolute atomic E-state index is 9.49. The number of aliphatic hydroxyl groups excluding tert-OH is 1. The Morgan fingerprint density at radius 2 is 1.86 bits per heavy atom. The summed E-state index contributed by atoms with van der Waals surface area (Å²) in [5.41, 5.74) is 3.23. The van der Waals surface area contributed by atoms with E-state index in [-0.39, 0.29) is 6.61 Å². The summed E-state index contributed by atoms with van der Waals surface area (Å²) in [5.74, 6) is 1.58. The fourth-order valence-electron chi connectivity index (χ4n) is 2.53. The minimum Gasteiger partial charge on any atom is -0.497 e. The van der Waals surface area contributed by atoms with E-state index >= 15 is 0 Å². The quantitative estimate of drug-likeness (QED) is 0.782. The number of nitrogens with zero attached hydrogens (tertiary/aromatic N) is 2. The number of rotatable bonds is 5. The molecule has 4 nitrogen and oxygen atoms in total. The maximum atomic E-state index is 9.49. The molecule has 0 radical (unpaired) electrons. The molecular formula is C17H18N2O2. The lowest BCUT2D eigenvalue weighted by Crippen LogP contribution is -2.06. The predicted octanol–water partition coefficient (Wildman–Crippen LogP) is 2.78. The molecule has 0 spiro atoms. The van der Waals surface area contributed by atoms with E-state index in [4.69, 9.17) is 4.74 Å². The topological polar surface area (TPSA) is 47.3 Å². The zero-order valence-electron chi connectivity index (χ0n) is 12.0. The molecule has 0 saturated heterocycles. The average molecular weight is 282 g/mol. The van der Waals surface area contributed by atoms with Gasteiger partial charge in [0.15, 0.2) is 0 Å². The first-order chi connectivity index (χ1) is 10.3. The molecule has 1 N–H and O–H groups in total. The summed E-state index contributed by atoms with van der Waals surface area (Å²) in [6.07, 6.45) is 0.886. The van der Waals surface area contributed by atoms with Gasteiger partial charge in [-0.15, -0.1) is 0 Å². The largest absolute Gasteiger partial charge is 0.497 e. The van der Waals surface area contributed by atoms with Gasteiger partial charge in [-0.2, -0.15) is 0 Å². The van der Waals surface area contributed by atoms with E-state index in [0.29, 0.717) is 5.82 Å². The van der Waals surface area contributed by atoms with Crippen molar-refractivity contribution in [2.75, 3.05) is 7.11 Å². The second-order valence-corrected chi connectivity index (χ2v) is 4.92. The Morgan fingerprint density at radius 1 is 1.10 bits per heavy atom. The molecule has 0 fully saturated rings. The number of ether oxygens (including phenoxy) is 1. The van der Waals surface area contributed by atoms with Crippen molar-refractivity contribution >= 4 is 11.0 Å². The Balaban J connectivity index is 1.83. The van der Waals surface area contributed by atoms with Gasteiger partial charge in [0.05, 0.1) is 18.1 Å². The van der Waals surface area contributed by atoms with Gasteiger partial charge in [-0.25, -0.2) is 4.98 Å². The van der Waals surface area contributed by atoms with E-state index in [9.17, 15) is 5.11 Å². The molecule has 0 atom stereocenters. The Morgan fingerprint density at radius 3 is 2.57 bits per heavy atom. The van der Waals surface area contributed by atoms with Gasteiger partial charge in [0.2, 0.25) is 0 Å². The SMILES string of the molecule is COc1ccc(CCn2c(CO)nc3ccccc32)cc1. The lowest BCUT2D eigenvalue weighted by molar-refractivity contribution is 0.266. The van der Waals surface area contributed by atoms with E-state index in [1.807, 2.05) is 36.4 Å². The fraction of sp³-hybridized carbons (Fsp3) is 0.235. The zero-order valence-corrected chi connectivity index (χ0v) is 12.0. The number of imidazole rings is 1. The average Bonchev–Trinajstić information content (AvgIpc) is 2.91. The highest BCUT2D eigenvalue weighted by atomic mass is 16.5. The van der Waals surface area contributed by atoms with Crippen molar-refractivity contribution in [2.24, 2.45) is 0 Å². The van der Waals surface area contributed by atoms with Crippen molar-refractivity contribution < 1.29 is 9.84 Å². The summed E-state index contributed by atoms with van der Waals surface area (Å²) in [5, 5.41) is 9.49. The number of methoxy groups -OCH3 is 1. The number of fused-ring (bicyclic) bond motifs is 1. The van der Waals surface area contributed by atoms with Gasteiger partial charge in [-0.05, 0) is 36.2 Å². The van der Waals surface area contributed by atoms with Gasteiger partial charge >= 0.3 is 0 Å². The molecule has 0 aliphatic carbocycles. The van der Waals surface area contributed by atoms with Crippen LogP contribution < -0.4 is 4.74 Å². The summed E-state index contributed by atoms with van der Waals surface area (Å²) in [6.45, 7) is 0.750. The Bertz CT molecular complexity index is 732. The van der Waals surface area contributed by atoms with Crippen molar-refractivity contribution in [1.29, 1.82) is 0 Å². The molecular weight excluding hydrogens is 264 g/mol. The third-order valence-corrected chi connectivity index (χ3v) is 3.66. The van der Waals surface area contributed by atoms with Crippen LogP contribution in [0.3, 0.4) is 0 Å². The van der Waals surface area contributed by atoms with Crippen molar-refractivity contribution in [3.05, 3.63) is 59.9 Å². The van der Waals surface area contributed by atoms with Gasteiger partial charge in [0, 0.05) is 6.54 Å². The Kier molecular flexibility index (Phi) is 3.88. The first-order valence-electron chi connectivity index (χ1n) is 7.00. The van der Waals surface area contributed by atoms with Crippen LogP contribution in [0.5, 0.6) is 5.75 Å². The summed E-state index contributed by atoms with van der Waals surface area (Å²) in [4.78, 5) is 4.46. The molecule has 2 aromatic carbocycles. The smallest absolute Gasteiger partial charge is 0.135 e. The van der Waals surface area contributed by atoms with Crippen molar-refractivity contribution in [3.63, 3.8) is 0 Å². The lowest BCUT2D eigenvalue weighted by atomic mass is 10.1. The standard InChI is InChI=1S/C17H18N2O2/c1-21-14-8-6-13(7-9-14)10-11-19-16-5-3-2-4-15(16)18-17(19)12-20/h2-9,20H,10-12H2,1H3. The van der Waals surface area contributed by atoms with Gasteiger partial charge in [-0.3, -0.25) is 0 Å². The molecule has 21 heavy (non-hydrogen) atoms. The van der Waals surface area contributed by atoms with E-state index in [1.54, 1.807) is 7.11 Å². The van der Waals surface area contributed by atoms with Gasteiger partial charge in [-0.1, -0.05) is 24.3 Å². The van der Waals surface area contributed by atoms with E-state index in [0.717, 1.165) is 29.7 Å². The van der Waals surface area contributed by atoms with E-state index in [2.05, 4.69) is 21.7 Å². The van der Waals surface area contributed by atoms with Crippen LogP contribution in [0.4, 0.5) is 0 Å². The number of benzene rings is 2. The van der Waals surface area contributed by atoms with Gasteiger partial charge < -0.3 is 14.4 Å². The first-order valence-corrected chi connectivity index (χ1v) is 7.00. The number of aromatic nitrogens is 2. The molecule has 0 aliphatic heterocycles. The minimum absolute atomic E-state index is 0.0444. The molecule has 0 unspecified atom stereocenters. The number of hydrogen-bond acceptors (Lipinski definition) is 3. The molecule has 0 bridgehead atoms. The summed E-state index contributed by atoms with van der Waals surface area (Å²) < 4.78 is 7.25. The minimum atomic E-state index is -0.0444. The van der Waals surface area contributed by atoms with Gasteiger partial charge in [0.25, 0.3) is 0 Å². The molecule has 4 heteroatoms. The number of hydrogen-bond donors (Lipinski definition) is 1. The highest BCUT2D eigenvalue weighted by Crippen LogP contribution is 2.18. The van der Waals surface area contributed by atoms with Crippen LogP contribution in [-0.2, 0) is 19.6 Å². The van der Waals surface area contributed by atoms with Crippen LogP contribution in [0.2, 0.25) is 0 Å². The normalized spacial score (nSPS) is 11.0. The van der Waals surface area contributed by atoms with Gasteiger partial charge in [0.1, 0.15) is 18.2 Å². The Labute approximate surface area is 123 Å². The van der Waals surface area contributed by atoms with E-state index < -0.39 is 0 Å². The monoisotopic (exact) mass is 282 g/mol. The molecule has 0 aliphatic rings. The summed E-state index contributed by atoms with van der Waals surface area (Å²) >= 11 is 0. The van der Waals surface area contributed by atoms with Crippen molar-refractivity contribution in [2.45, 2.75) is 19.6 Å². The summed E-state index contributed by atoms with van der Waals surface area (Å²) in [6, 6.07) is 16.0. The van der Waals surface area contributed by atoms with Crippen LogP contribution in [0, 0.1) is 0 Å². The first kappa shape index (κ1) is 13.6. The third-order valence-electron chi connectivity index (χ3n) is 3.66. The second-order valence-electron chi connectivity index (χ2n) is 4.92. The van der Waals surface area contributed by atoms with Crippen LogP contribution in [-0.4, -0.2) is 21.8 Å².